The third-order valence-electron chi connectivity index (χ3n) is 4.07. The van der Waals surface area contributed by atoms with Crippen LogP contribution < -0.4 is 0 Å². The highest BCUT2D eigenvalue weighted by molar-refractivity contribution is 5.53. The minimum atomic E-state index is 0.141. The Kier molecular flexibility index (Phi) is 4.22. The molecule has 0 aliphatic carbocycles. The summed E-state index contributed by atoms with van der Waals surface area (Å²) >= 11 is 0. The van der Waals surface area contributed by atoms with Gasteiger partial charge in [0.2, 0.25) is 0 Å². The van der Waals surface area contributed by atoms with Gasteiger partial charge in [0.05, 0.1) is 11.4 Å². The Morgan fingerprint density at radius 3 is 2.29 bits per heavy atom. The van der Waals surface area contributed by atoms with Crippen molar-refractivity contribution in [3.05, 3.63) is 59.9 Å². The van der Waals surface area contributed by atoms with Crippen LogP contribution in [0, 0.1) is 0 Å². The Balaban J connectivity index is 1.97. The number of imidazole rings is 1. The summed E-state index contributed by atoms with van der Waals surface area (Å²) in [7, 11) is 0. The molecule has 1 aromatic carbocycles. The molecular weight excluding hydrogens is 296 g/mol. The van der Waals surface area contributed by atoms with Crippen LogP contribution in [0.15, 0.2) is 58.9 Å². The maximum Gasteiger partial charge on any atom is 0.183 e. The van der Waals surface area contributed by atoms with Crippen molar-refractivity contribution in [2.75, 3.05) is 0 Å². The van der Waals surface area contributed by atoms with E-state index in [1.807, 2.05) is 40.9 Å². The lowest BCUT2D eigenvalue weighted by Gasteiger charge is -2.18. The van der Waals surface area contributed by atoms with E-state index in [0.29, 0.717) is 5.92 Å². The van der Waals surface area contributed by atoms with Gasteiger partial charge in [-0.05, 0) is 41.2 Å². The number of hydrogen-bond donors (Lipinski definition) is 0. The van der Waals surface area contributed by atoms with Crippen LogP contribution in [0.4, 0.5) is 11.5 Å². The summed E-state index contributed by atoms with van der Waals surface area (Å²) in [6.07, 6.45) is 1.98. The number of benzene rings is 1. The van der Waals surface area contributed by atoms with E-state index >= 15 is 0 Å². The van der Waals surface area contributed by atoms with Gasteiger partial charge >= 0.3 is 0 Å². The number of fused-ring (bicyclic) bond motifs is 1. The minimum Gasteiger partial charge on any atom is -0.283 e. The van der Waals surface area contributed by atoms with Gasteiger partial charge in [-0.15, -0.1) is 10.2 Å². The molecule has 0 N–H and O–H groups in total. The molecule has 0 spiro atoms. The summed E-state index contributed by atoms with van der Waals surface area (Å²) in [6, 6.07) is 14.2. The molecule has 0 aliphatic heterocycles. The molecule has 0 amide bonds. The van der Waals surface area contributed by atoms with E-state index in [1.165, 1.54) is 5.56 Å². The van der Waals surface area contributed by atoms with E-state index in [-0.39, 0.29) is 5.41 Å². The standard InChI is InChI=1S/C20H24N4/c1-14(2)18-19(24-13-7-6-8-17(24)21-18)23-22-16-11-9-15(10-12-16)20(3,4)5/h6-14H,1-5H3. The molecule has 24 heavy (non-hydrogen) atoms. The van der Waals surface area contributed by atoms with Gasteiger partial charge in [0.1, 0.15) is 5.65 Å². The van der Waals surface area contributed by atoms with Crippen LogP contribution in [-0.2, 0) is 5.41 Å². The Bertz CT molecular complexity index is 865. The van der Waals surface area contributed by atoms with Crippen molar-refractivity contribution < 1.29 is 0 Å². The highest BCUT2D eigenvalue weighted by atomic mass is 15.2. The second kappa shape index (κ2) is 6.19. The number of pyridine rings is 1. The predicted molar refractivity (Wildman–Crippen MR) is 98.6 cm³/mol. The van der Waals surface area contributed by atoms with E-state index in [0.717, 1.165) is 22.8 Å². The smallest absolute Gasteiger partial charge is 0.183 e. The van der Waals surface area contributed by atoms with Crippen LogP contribution in [0.5, 0.6) is 0 Å². The third-order valence-corrected chi connectivity index (χ3v) is 4.07. The van der Waals surface area contributed by atoms with Gasteiger partial charge in [-0.2, -0.15) is 0 Å². The average molecular weight is 320 g/mol. The third kappa shape index (κ3) is 3.23. The number of azo groups is 1. The zero-order chi connectivity index (χ0) is 17.3. The van der Waals surface area contributed by atoms with Crippen molar-refractivity contribution in [2.24, 2.45) is 10.2 Å². The van der Waals surface area contributed by atoms with Crippen LogP contribution in [0.3, 0.4) is 0 Å². The fourth-order valence-electron chi connectivity index (χ4n) is 2.62. The number of nitrogens with zero attached hydrogens (tertiary/aromatic N) is 4. The van der Waals surface area contributed by atoms with Gasteiger partial charge < -0.3 is 0 Å². The molecule has 0 atom stereocenters. The first kappa shape index (κ1) is 16.4. The summed E-state index contributed by atoms with van der Waals surface area (Å²) < 4.78 is 1.99. The molecule has 3 rings (SSSR count). The zero-order valence-electron chi connectivity index (χ0n) is 15.0. The molecule has 3 aromatic rings. The first-order valence-electron chi connectivity index (χ1n) is 8.35. The summed E-state index contributed by atoms with van der Waals surface area (Å²) in [5, 5.41) is 8.93. The quantitative estimate of drug-likeness (QED) is 0.532. The van der Waals surface area contributed by atoms with Crippen LogP contribution in [0.25, 0.3) is 5.65 Å². The fraction of sp³-hybridized carbons (Fsp3) is 0.350. The Labute approximate surface area is 143 Å². The van der Waals surface area contributed by atoms with Crippen molar-refractivity contribution in [3.8, 4) is 0 Å². The highest BCUT2D eigenvalue weighted by Gasteiger charge is 2.15. The Morgan fingerprint density at radius 1 is 0.958 bits per heavy atom. The minimum absolute atomic E-state index is 0.141. The highest BCUT2D eigenvalue weighted by Crippen LogP contribution is 2.30. The maximum atomic E-state index is 4.68. The Morgan fingerprint density at radius 2 is 1.67 bits per heavy atom. The molecule has 0 bridgehead atoms. The van der Waals surface area contributed by atoms with Crippen molar-refractivity contribution in [1.29, 1.82) is 0 Å². The van der Waals surface area contributed by atoms with Crippen molar-refractivity contribution >= 4 is 17.2 Å². The molecule has 4 nitrogen and oxygen atoms in total. The van der Waals surface area contributed by atoms with E-state index in [1.54, 1.807) is 0 Å². The van der Waals surface area contributed by atoms with Crippen LogP contribution >= 0.6 is 0 Å². The summed E-state index contributed by atoms with van der Waals surface area (Å²) in [5.74, 6) is 1.10. The summed E-state index contributed by atoms with van der Waals surface area (Å²) in [5.41, 5.74) is 4.15. The van der Waals surface area contributed by atoms with Crippen molar-refractivity contribution in [1.82, 2.24) is 9.38 Å². The first-order chi connectivity index (χ1) is 11.4. The van der Waals surface area contributed by atoms with E-state index in [9.17, 15) is 0 Å². The molecular formula is C20H24N4. The maximum absolute atomic E-state index is 4.68. The van der Waals surface area contributed by atoms with Gasteiger partial charge in [-0.1, -0.05) is 52.8 Å². The predicted octanol–water partition coefficient (Wildman–Crippen LogP) is 6.17. The first-order valence-corrected chi connectivity index (χ1v) is 8.35. The van der Waals surface area contributed by atoms with Gasteiger partial charge in [0.15, 0.2) is 5.82 Å². The zero-order valence-corrected chi connectivity index (χ0v) is 15.0. The fourth-order valence-corrected chi connectivity index (χ4v) is 2.62. The average Bonchev–Trinajstić information content (AvgIpc) is 2.91. The van der Waals surface area contributed by atoms with Gasteiger partial charge in [0.25, 0.3) is 0 Å². The number of rotatable bonds is 3. The normalized spacial score (nSPS) is 12.6. The van der Waals surface area contributed by atoms with Gasteiger partial charge in [-0.3, -0.25) is 4.40 Å². The lowest BCUT2D eigenvalue weighted by molar-refractivity contribution is 0.590. The monoisotopic (exact) mass is 320 g/mol. The number of hydrogen-bond acceptors (Lipinski definition) is 3. The molecule has 0 aliphatic rings. The van der Waals surface area contributed by atoms with Crippen LogP contribution in [-0.4, -0.2) is 9.38 Å². The molecule has 124 valence electrons. The lowest BCUT2D eigenvalue weighted by Crippen LogP contribution is -2.10. The number of aromatic nitrogens is 2. The SMILES string of the molecule is CC(C)c1nc2ccccn2c1N=Nc1ccc(C(C)(C)C)cc1. The molecule has 0 fully saturated rings. The Hall–Kier alpha value is -2.49. The molecule has 0 saturated heterocycles. The molecule has 0 unspecified atom stereocenters. The topological polar surface area (TPSA) is 42.0 Å². The summed E-state index contributed by atoms with van der Waals surface area (Å²) in [4.78, 5) is 4.68. The van der Waals surface area contributed by atoms with E-state index in [2.05, 4.69) is 62.0 Å². The lowest BCUT2D eigenvalue weighted by atomic mass is 9.87. The molecule has 2 aromatic heterocycles. The van der Waals surface area contributed by atoms with Gasteiger partial charge in [0, 0.05) is 6.20 Å². The van der Waals surface area contributed by atoms with Gasteiger partial charge in [-0.25, -0.2) is 4.98 Å². The molecule has 2 heterocycles. The molecule has 0 radical (unpaired) electrons. The van der Waals surface area contributed by atoms with E-state index < -0.39 is 0 Å². The van der Waals surface area contributed by atoms with Crippen molar-refractivity contribution in [2.45, 2.75) is 46.0 Å². The second-order valence-corrected chi connectivity index (χ2v) is 7.40. The summed E-state index contributed by atoms with van der Waals surface area (Å²) in [6.45, 7) is 10.9. The van der Waals surface area contributed by atoms with Crippen molar-refractivity contribution in [3.63, 3.8) is 0 Å². The molecule has 0 saturated carbocycles. The second-order valence-electron chi connectivity index (χ2n) is 7.40. The van der Waals surface area contributed by atoms with Crippen LogP contribution in [0.2, 0.25) is 0 Å². The largest absolute Gasteiger partial charge is 0.283 e. The van der Waals surface area contributed by atoms with Crippen LogP contribution in [0.1, 0.15) is 51.8 Å². The van der Waals surface area contributed by atoms with E-state index in [4.69, 9.17) is 0 Å². The molecule has 4 heteroatoms.